The van der Waals surface area contributed by atoms with Crippen LogP contribution in [0.25, 0.3) is 11.3 Å². The molecule has 1 aromatic carbocycles. The number of rotatable bonds is 7. The third-order valence-electron chi connectivity index (χ3n) is 4.18. The number of carbonyl (C=O) groups is 1. The van der Waals surface area contributed by atoms with Crippen LogP contribution in [0.3, 0.4) is 0 Å². The van der Waals surface area contributed by atoms with E-state index < -0.39 is 0 Å². The SMILES string of the molecule is CCOc1ccc(C)cc1-c1csc(NC(=O)CC[C@H]2CCCO2)n1. The van der Waals surface area contributed by atoms with Gasteiger partial charge < -0.3 is 14.8 Å². The molecule has 25 heavy (non-hydrogen) atoms. The van der Waals surface area contributed by atoms with Crippen molar-refractivity contribution in [2.24, 2.45) is 0 Å². The van der Waals surface area contributed by atoms with Gasteiger partial charge in [0.25, 0.3) is 0 Å². The highest BCUT2D eigenvalue weighted by Gasteiger charge is 2.17. The topological polar surface area (TPSA) is 60.5 Å². The Morgan fingerprint density at radius 3 is 3.12 bits per heavy atom. The Labute approximate surface area is 152 Å². The quantitative estimate of drug-likeness (QED) is 0.794. The smallest absolute Gasteiger partial charge is 0.226 e. The molecule has 0 radical (unpaired) electrons. The van der Waals surface area contributed by atoms with Gasteiger partial charge in [0.05, 0.1) is 18.4 Å². The van der Waals surface area contributed by atoms with Crippen molar-refractivity contribution in [2.75, 3.05) is 18.5 Å². The first kappa shape index (κ1) is 17.9. The third kappa shape index (κ3) is 4.80. The lowest BCUT2D eigenvalue weighted by Gasteiger charge is -2.09. The van der Waals surface area contributed by atoms with E-state index in [0.717, 1.165) is 48.4 Å². The molecule has 1 N–H and O–H groups in total. The summed E-state index contributed by atoms with van der Waals surface area (Å²) in [5.41, 5.74) is 2.93. The fourth-order valence-corrected chi connectivity index (χ4v) is 3.65. The van der Waals surface area contributed by atoms with Gasteiger partial charge in [0, 0.05) is 24.0 Å². The molecule has 134 valence electrons. The number of nitrogens with one attached hydrogen (secondary N) is 1. The average Bonchev–Trinajstić information content (AvgIpc) is 3.26. The van der Waals surface area contributed by atoms with Crippen LogP contribution in [0.4, 0.5) is 5.13 Å². The Morgan fingerprint density at radius 2 is 2.36 bits per heavy atom. The number of aromatic nitrogens is 1. The first-order valence-electron chi connectivity index (χ1n) is 8.76. The minimum absolute atomic E-state index is 0.00864. The van der Waals surface area contributed by atoms with Crippen molar-refractivity contribution in [3.8, 4) is 17.0 Å². The number of anilines is 1. The molecule has 5 nitrogen and oxygen atoms in total. The van der Waals surface area contributed by atoms with Crippen molar-refractivity contribution in [3.05, 3.63) is 29.1 Å². The Kier molecular flexibility index (Phi) is 6.04. The van der Waals surface area contributed by atoms with Crippen LogP contribution in [-0.4, -0.2) is 30.2 Å². The maximum absolute atomic E-state index is 12.1. The van der Waals surface area contributed by atoms with E-state index >= 15 is 0 Å². The molecule has 0 bridgehead atoms. The second-order valence-electron chi connectivity index (χ2n) is 6.19. The summed E-state index contributed by atoms with van der Waals surface area (Å²) >= 11 is 1.43. The van der Waals surface area contributed by atoms with Crippen LogP contribution in [0, 0.1) is 6.92 Å². The second-order valence-corrected chi connectivity index (χ2v) is 7.05. The Bertz CT molecular complexity index is 723. The summed E-state index contributed by atoms with van der Waals surface area (Å²) in [6.45, 7) is 5.43. The monoisotopic (exact) mass is 360 g/mol. The van der Waals surface area contributed by atoms with Gasteiger partial charge in [0.2, 0.25) is 5.91 Å². The van der Waals surface area contributed by atoms with Gasteiger partial charge in [-0.3, -0.25) is 4.79 Å². The molecule has 3 rings (SSSR count). The minimum Gasteiger partial charge on any atom is -0.493 e. The average molecular weight is 360 g/mol. The van der Waals surface area contributed by atoms with Crippen LogP contribution in [-0.2, 0) is 9.53 Å². The molecule has 2 heterocycles. The van der Waals surface area contributed by atoms with Crippen LogP contribution in [0.15, 0.2) is 23.6 Å². The summed E-state index contributed by atoms with van der Waals surface area (Å²) in [5, 5.41) is 5.47. The van der Waals surface area contributed by atoms with Crippen LogP contribution in [0.5, 0.6) is 5.75 Å². The van der Waals surface area contributed by atoms with E-state index in [2.05, 4.69) is 16.4 Å². The summed E-state index contributed by atoms with van der Waals surface area (Å²) in [6.07, 6.45) is 3.63. The zero-order valence-electron chi connectivity index (χ0n) is 14.7. The number of amides is 1. The summed E-state index contributed by atoms with van der Waals surface area (Å²) < 4.78 is 11.3. The second kappa shape index (κ2) is 8.45. The number of carbonyl (C=O) groups excluding carboxylic acids is 1. The maximum Gasteiger partial charge on any atom is 0.226 e. The molecule has 2 aromatic rings. The molecule has 1 amide bonds. The number of benzene rings is 1. The number of hydrogen-bond donors (Lipinski definition) is 1. The number of thiazole rings is 1. The highest BCUT2D eigenvalue weighted by molar-refractivity contribution is 7.14. The lowest BCUT2D eigenvalue weighted by molar-refractivity contribution is -0.116. The predicted molar refractivity (Wildman–Crippen MR) is 100 cm³/mol. The van der Waals surface area contributed by atoms with Crippen LogP contribution in [0.2, 0.25) is 0 Å². The van der Waals surface area contributed by atoms with E-state index in [0.29, 0.717) is 18.2 Å². The Balaban J connectivity index is 1.64. The van der Waals surface area contributed by atoms with E-state index in [1.807, 2.05) is 31.4 Å². The first-order valence-corrected chi connectivity index (χ1v) is 9.64. The lowest BCUT2D eigenvalue weighted by Crippen LogP contribution is -2.15. The van der Waals surface area contributed by atoms with Crippen LogP contribution < -0.4 is 10.1 Å². The van der Waals surface area contributed by atoms with Crippen molar-refractivity contribution in [3.63, 3.8) is 0 Å². The van der Waals surface area contributed by atoms with Gasteiger partial charge in [-0.2, -0.15) is 0 Å². The Hall–Kier alpha value is -1.92. The fraction of sp³-hybridized carbons (Fsp3) is 0.474. The van der Waals surface area contributed by atoms with Gasteiger partial charge in [-0.1, -0.05) is 11.6 Å². The maximum atomic E-state index is 12.1. The van der Waals surface area contributed by atoms with Gasteiger partial charge in [-0.15, -0.1) is 11.3 Å². The summed E-state index contributed by atoms with van der Waals surface area (Å²) in [5.74, 6) is 0.806. The largest absolute Gasteiger partial charge is 0.493 e. The fourth-order valence-electron chi connectivity index (χ4n) is 2.93. The molecule has 0 spiro atoms. The van der Waals surface area contributed by atoms with Crippen molar-refractivity contribution < 1.29 is 14.3 Å². The van der Waals surface area contributed by atoms with Gasteiger partial charge in [-0.05, 0) is 45.2 Å². The molecule has 1 aliphatic rings. The normalized spacial score (nSPS) is 16.8. The standard InChI is InChI=1S/C19H24N2O3S/c1-3-23-17-8-6-13(2)11-15(17)16-12-25-19(20-16)21-18(22)9-7-14-5-4-10-24-14/h6,8,11-12,14H,3-5,7,9-10H2,1-2H3,(H,20,21,22)/t14-/m1/s1. The highest BCUT2D eigenvalue weighted by atomic mass is 32.1. The van der Waals surface area contributed by atoms with E-state index in [4.69, 9.17) is 9.47 Å². The molecule has 0 unspecified atom stereocenters. The molecule has 6 heteroatoms. The van der Waals surface area contributed by atoms with Crippen molar-refractivity contribution >= 4 is 22.4 Å². The molecule has 0 aliphatic carbocycles. The van der Waals surface area contributed by atoms with Gasteiger partial charge in [-0.25, -0.2) is 4.98 Å². The summed E-state index contributed by atoms with van der Waals surface area (Å²) in [7, 11) is 0. The van der Waals surface area contributed by atoms with E-state index in [-0.39, 0.29) is 12.0 Å². The van der Waals surface area contributed by atoms with E-state index in [1.165, 1.54) is 11.3 Å². The molecular formula is C19H24N2O3S. The number of ether oxygens (including phenoxy) is 2. The van der Waals surface area contributed by atoms with E-state index in [9.17, 15) is 4.79 Å². The summed E-state index contributed by atoms with van der Waals surface area (Å²) in [6, 6.07) is 6.05. The molecule has 1 saturated heterocycles. The third-order valence-corrected chi connectivity index (χ3v) is 4.94. The zero-order chi connectivity index (χ0) is 17.6. The number of hydrogen-bond acceptors (Lipinski definition) is 5. The minimum atomic E-state index is -0.00864. The predicted octanol–water partition coefficient (Wildman–Crippen LogP) is 4.41. The molecule has 0 saturated carbocycles. The zero-order valence-corrected chi connectivity index (χ0v) is 15.5. The molecule has 1 aliphatic heterocycles. The molecule has 1 atom stereocenters. The van der Waals surface area contributed by atoms with Crippen LogP contribution in [0.1, 0.15) is 38.2 Å². The number of nitrogens with zero attached hydrogens (tertiary/aromatic N) is 1. The lowest BCUT2D eigenvalue weighted by atomic mass is 10.1. The highest BCUT2D eigenvalue weighted by Crippen LogP contribution is 2.33. The van der Waals surface area contributed by atoms with Gasteiger partial charge in [0.1, 0.15) is 5.75 Å². The molecule has 1 fully saturated rings. The number of aryl methyl sites for hydroxylation is 1. The molecule has 1 aromatic heterocycles. The Morgan fingerprint density at radius 1 is 1.48 bits per heavy atom. The van der Waals surface area contributed by atoms with Crippen molar-refractivity contribution in [1.82, 2.24) is 4.98 Å². The first-order chi connectivity index (χ1) is 12.2. The van der Waals surface area contributed by atoms with Crippen molar-refractivity contribution in [1.29, 1.82) is 0 Å². The van der Waals surface area contributed by atoms with Crippen LogP contribution >= 0.6 is 11.3 Å². The van der Waals surface area contributed by atoms with Gasteiger partial charge >= 0.3 is 0 Å². The van der Waals surface area contributed by atoms with Crippen molar-refractivity contribution in [2.45, 2.75) is 45.6 Å². The summed E-state index contributed by atoms with van der Waals surface area (Å²) in [4.78, 5) is 16.7. The van der Waals surface area contributed by atoms with Gasteiger partial charge in [0.15, 0.2) is 5.13 Å². The molecular weight excluding hydrogens is 336 g/mol. The van der Waals surface area contributed by atoms with E-state index in [1.54, 1.807) is 0 Å².